The minimum atomic E-state index is 0.857. The maximum atomic E-state index is 7.10. The molecule has 0 saturated heterocycles. The summed E-state index contributed by atoms with van der Waals surface area (Å²) >= 11 is 1.86. The Labute approximate surface area is 322 Å². The van der Waals surface area contributed by atoms with E-state index in [-0.39, 0.29) is 0 Å². The van der Waals surface area contributed by atoms with E-state index < -0.39 is 0 Å². The monoisotopic (exact) mass is 719 g/mol. The number of thiophene rings is 1. The molecule has 0 amide bonds. The number of hydrogen-bond acceptors (Lipinski definition) is 3. The number of fused-ring (bicyclic) bond motifs is 7. The van der Waals surface area contributed by atoms with Crippen molar-refractivity contribution >= 4 is 81.3 Å². The smallest absolute Gasteiger partial charge is 0.144 e. The van der Waals surface area contributed by atoms with Gasteiger partial charge in [0.25, 0.3) is 0 Å². The first-order valence-electron chi connectivity index (χ1n) is 18.7. The number of anilines is 3. The van der Waals surface area contributed by atoms with Gasteiger partial charge in [0.15, 0.2) is 0 Å². The van der Waals surface area contributed by atoms with Gasteiger partial charge >= 0.3 is 0 Å². The number of para-hydroxylation sites is 1. The van der Waals surface area contributed by atoms with Crippen LogP contribution in [0, 0.1) is 0 Å². The van der Waals surface area contributed by atoms with Crippen molar-refractivity contribution in [2.45, 2.75) is 0 Å². The Hall–Kier alpha value is -6.94. The van der Waals surface area contributed by atoms with E-state index in [0.717, 1.165) is 55.7 Å². The van der Waals surface area contributed by atoms with Gasteiger partial charge in [-0.2, -0.15) is 0 Å². The Bertz CT molecular complexity index is 3190. The molecule has 2 heterocycles. The third kappa shape index (κ3) is 5.16. The molecule has 258 valence electrons. The molecule has 0 aliphatic rings. The zero-order valence-corrected chi connectivity index (χ0v) is 30.6. The van der Waals surface area contributed by atoms with E-state index >= 15 is 0 Å². The summed E-state index contributed by atoms with van der Waals surface area (Å²) in [5, 5.41) is 7.12. The van der Waals surface area contributed by atoms with Gasteiger partial charge in [0.05, 0.1) is 16.8 Å². The summed E-state index contributed by atoms with van der Waals surface area (Å²) in [7, 11) is 0. The second kappa shape index (κ2) is 12.9. The van der Waals surface area contributed by atoms with E-state index in [4.69, 9.17) is 4.42 Å². The molecule has 0 spiro atoms. The van der Waals surface area contributed by atoms with E-state index in [1.54, 1.807) is 0 Å². The first kappa shape index (κ1) is 31.6. The van der Waals surface area contributed by atoms with Gasteiger partial charge in [-0.1, -0.05) is 158 Å². The highest BCUT2D eigenvalue weighted by Crippen LogP contribution is 2.50. The molecule has 0 radical (unpaired) electrons. The summed E-state index contributed by atoms with van der Waals surface area (Å²) in [5.41, 5.74) is 12.0. The van der Waals surface area contributed by atoms with E-state index in [1.807, 2.05) is 11.3 Å². The van der Waals surface area contributed by atoms with Crippen molar-refractivity contribution in [3.05, 3.63) is 200 Å². The Morgan fingerprint density at radius 2 is 1.04 bits per heavy atom. The van der Waals surface area contributed by atoms with Crippen molar-refractivity contribution in [3.8, 4) is 33.4 Å². The van der Waals surface area contributed by atoms with E-state index in [2.05, 4.69) is 205 Å². The highest BCUT2D eigenvalue weighted by atomic mass is 32.1. The van der Waals surface area contributed by atoms with Crippen LogP contribution in [0.3, 0.4) is 0 Å². The molecular weight excluding hydrogens is 687 g/mol. The topological polar surface area (TPSA) is 16.4 Å². The lowest BCUT2D eigenvalue weighted by atomic mass is 9.93. The van der Waals surface area contributed by atoms with Crippen LogP contribution in [0.25, 0.3) is 86.3 Å². The van der Waals surface area contributed by atoms with Crippen LogP contribution in [0.15, 0.2) is 205 Å². The molecule has 55 heavy (non-hydrogen) atoms. The largest absolute Gasteiger partial charge is 0.455 e. The highest BCUT2D eigenvalue weighted by Gasteiger charge is 2.25. The van der Waals surface area contributed by atoms with Crippen LogP contribution in [0.1, 0.15) is 0 Å². The lowest BCUT2D eigenvalue weighted by Crippen LogP contribution is -2.11. The minimum Gasteiger partial charge on any atom is -0.455 e. The molecule has 11 rings (SSSR count). The van der Waals surface area contributed by atoms with E-state index in [9.17, 15) is 0 Å². The molecule has 0 N–H and O–H groups in total. The molecule has 0 aliphatic carbocycles. The van der Waals surface area contributed by atoms with Crippen LogP contribution in [-0.2, 0) is 0 Å². The Morgan fingerprint density at radius 3 is 1.87 bits per heavy atom. The van der Waals surface area contributed by atoms with Crippen molar-refractivity contribution in [3.63, 3.8) is 0 Å². The van der Waals surface area contributed by atoms with Gasteiger partial charge in [0.1, 0.15) is 11.2 Å². The van der Waals surface area contributed by atoms with Gasteiger partial charge in [0.2, 0.25) is 0 Å². The normalized spacial score (nSPS) is 11.6. The summed E-state index contributed by atoms with van der Waals surface area (Å²) in [6, 6.07) is 71.9. The molecule has 0 bridgehead atoms. The highest BCUT2D eigenvalue weighted by molar-refractivity contribution is 7.26. The Morgan fingerprint density at radius 1 is 0.418 bits per heavy atom. The molecule has 0 saturated carbocycles. The fourth-order valence-electron chi connectivity index (χ4n) is 8.38. The van der Waals surface area contributed by atoms with Gasteiger partial charge < -0.3 is 9.32 Å². The maximum Gasteiger partial charge on any atom is 0.144 e. The molecular formula is C52H33NOS. The van der Waals surface area contributed by atoms with Crippen LogP contribution in [-0.4, -0.2) is 0 Å². The number of nitrogens with zero attached hydrogens (tertiary/aromatic N) is 1. The lowest BCUT2D eigenvalue weighted by Gasteiger charge is -2.28. The van der Waals surface area contributed by atoms with Crippen molar-refractivity contribution in [2.75, 3.05) is 4.90 Å². The first-order valence-corrected chi connectivity index (χ1v) is 19.5. The third-order valence-electron chi connectivity index (χ3n) is 10.9. The molecule has 2 aromatic heterocycles. The van der Waals surface area contributed by atoms with E-state index in [0.29, 0.717) is 0 Å². The summed E-state index contributed by atoms with van der Waals surface area (Å²) in [5.74, 6) is 0. The summed E-state index contributed by atoms with van der Waals surface area (Å²) in [6.07, 6.45) is 0. The summed E-state index contributed by atoms with van der Waals surface area (Å²) in [6.45, 7) is 0. The SMILES string of the molecule is c1ccc(-c2ccc(N(c3ccccc3-c3ccccc3)c3cccc4oc5c(-c6cccc7c6sc6ccccc67)c6ccccc6cc5c34)cc2)cc1. The molecule has 11 aromatic rings. The van der Waals surface area contributed by atoms with Gasteiger partial charge in [-0.15, -0.1) is 11.3 Å². The van der Waals surface area contributed by atoms with Crippen molar-refractivity contribution < 1.29 is 4.42 Å². The Balaban J connectivity index is 1.21. The third-order valence-corrected chi connectivity index (χ3v) is 12.1. The van der Waals surface area contributed by atoms with Gasteiger partial charge in [0, 0.05) is 47.9 Å². The van der Waals surface area contributed by atoms with Crippen LogP contribution >= 0.6 is 11.3 Å². The van der Waals surface area contributed by atoms with Gasteiger partial charge in [-0.3, -0.25) is 0 Å². The summed E-state index contributed by atoms with van der Waals surface area (Å²) < 4.78 is 9.67. The van der Waals surface area contributed by atoms with E-state index in [1.165, 1.54) is 47.6 Å². The van der Waals surface area contributed by atoms with Crippen LogP contribution < -0.4 is 4.90 Å². The van der Waals surface area contributed by atoms with Crippen molar-refractivity contribution in [1.29, 1.82) is 0 Å². The number of furan rings is 1. The minimum absolute atomic E-state index is 0.857. The predicted octanol–water partition coefficient (Wildman–Crippen LogP) is 15.6. The number of benzene rings is 9. The van der Waals surface area contributed by atoms with Crippen LogP contribution in [0.5, 0.6) is 0 Å². The van der Waals surface area contributed by atoms with Crippen molar-refractivity contribution in [2.24, 2.45) is 0 Å². The average Bonchev–Trinajstić information content (AvgIpc) is 3.83. The average molecular weight is 720 g/mol. The second-order valence-corrected chi connectivity index (χ2v) is 15.1. The standard InChI is InChI=1S/C52H33NOS/c1-3-15-34(16-4-1)35-29-31-38(32-30-35)53(45-25-11-9-20-39(45)36-17-5-2-6-18-36)46-26-14-27-47-50(46)44-33-37-19-7-8-21-40(37)49(51(44)54-47)43-24-13-23-42-41-22-10-12-28-48(41)55-52(42)43/h1-33H. The Kier molecular flexibility index (Phi) is 7.39. The zero-order chi connectivity index (χ0) is 36.3. The molecule has 0 fully saturated rings. The second-order valence-electron chi connectivity index (χ2n) is 14.0. The first-order chi connectivity index (χ1) is 27.3. The molecule has 2 nitrogen and oxygen atoms in total. The molecule has 3 heteroatoms. The van der Waals surface area contributed by atoms with Gasteiger partial charge in [-0.25, -0.2) is 0 Å². The predicted molar refractivity (Wildman–Crippen MR) is 235 cm³/mol. The van der Waals surface area contributed by atoms with Crippen LogP contribution in [0.2, 0.25) is 0 Å². The molecule has 9 aromatic carbocycles. The zero-order valence-electron chi connectivity index (χ0n) is 29.8. The number of rotatable bonds is 6. The lowest BCUT2D eigenvalue weighted by molar-refractivity contribution is 0.670. The van der Waals surface area contributed by atoms with Crippen LogP contribution in [0.4, 0.5) is 17.1 Å². The molecule has 0 atom stereocenters. The number of hydrogen-bond donors (Lipinski definition) is 0. The fourth-order valence-corrected chi connectivity index (χ4v) is 9.60. The summed E-state index contributed by atoms with van der Waals surface area (Å²) in [4.78, 5) is 2.41. The molecule has 0 aliphatic heterocycles. The van der Waals surface area contributed by atoms with Crippen molar-refractivity contribution in [1.82, 2.24) is 0 Å². The fraction of sp³-hybridized carbons (Fsp3) is 0. The molecule has 0 unspecified atom stereocenters. The quantitative estimate of drug-likeness (QED) is 0.170. The maximum absolute atomic E-state index is 7.10. The van der Waals surface area contributed by atoms with Gasteiger partial charge in [-0.05, 0) is 69.9 Å².